The van der Waals surface area contributed by atoms with Crippen LogP contribution in [-0.2, 0) is 6.54 Å². The molecule has 3 nitrogen and oxygen atoms in total. The van der Waals surface area contributed by atoms with Gasteiger partial charge in [0.05, 0.1) is 7.11 Å². The molecule has 0 spiro atoms. The largest absolute Gasteiger partial charge is 0.504 e. The Bertz CT molecular complexity index is 329. The molecule has 0 unspecified atom stereocenters. The summed E-state index contributed by atoms with van der Waals surface area (Å²) in [7, 11) is 1.55. The summed E-state index contributed by atoms with van der Waals surface area (Å²) in [6.07, 6.45) is 0. The molecule has 0 aliphatic carbocycles. The van der Waals surface area contributed by atoms with E-state index in [1.54, 1.807) is 13.2 Å². The molecule has 1 aromatic carbocycles. The van der Waals surface area contributed by atoms with Crippen LogP contribution in [0.1, 0.15) is 26.3 Å². The molecule has 0 amide bonds. The molecule has 0 bridgehead atoms. The molecule has 0 radical (unpaired) electrons. The lowest BCUT2D eigenvalue weighted by atomic mass is 10.1. The van der Waals surface area contributed by atoms with Gasteiger partial charge in [0.1, 0.15) is 0 Å². The summed E-state index contributed by atoms with van der Waals surface area (Å²) in [6.45, 7) is 7.11. The van der Waals surface area contributed by atoms with Crippen molar-refractivity contribution in [3.05, 3.63) is 23.8 Å². The van der Waals surface area contributed by atoms with E-state index < -0.39 is 0 Å². The SMILES string of the molecule is COc1cc(CNC(C)(C)C)ccc1O. The van der Waals surface area contributed by atoms with Crippen LogP contribution < -0.4 is 10.1 Å². The summed E-state index contributed by atoms with van der Waals surface area (Å²) < 4.78 is 5.04. The number of rotatable bonds is 3. The second-order valence-electron chi connectivity index (χ2n) is 4.61. The minimum absolute atomic E-state index is 0.0884. The van der Waals surface area contributed by atoms with Gasteiger partial charge in [-0.1, -0.05) is 6.07 Å². The smallest absolute Gasteiger partial charge is 0.160 e. The van der Waals surface area contributed by atoms with Crippen molar-refractivity contribution >= 4 is 0 Å². The Morgan fingerprint density at radius 2 is 2.00 bits per heavy atom. The molecule has 0 saturated heterocycles. The van der Waals surface area contributed by atoms with Crippen molar-refractivity contribution in [3.63, 3.8) is 0 Å². The summed E-state index contributed by atoms with van der Waals surface area (Å²) >= 11 is 0. The van der Waals surface area contributed by atoms with Gasteiger partial charge in [-0.15, -0.1) is 0 Å². The summed E-state index contributed by atoms with van der Waals surface area (Å²) in [5, 5.41) is 12.8. The van der Waals surface area contributed by atoms with E-state index in [-0.39, 0.29) is 11.3 Å². The van der Waals surface area contributed by atoms with Gasteiger partial charge in [-0.25, -0.2) is 0 Å². The van der Waals surface area contributed by atoms with Crippen LogP contribution >= 0.6 is 0 Å². The van der Waals surface area contributed by atoms with E-state index in [2.05, 4.69) is 26.1 Å². The lowest BCUT2D eigenvalue weighted by Crippen LogP contribution is -2.35. The van der Waals surface area contributed by atoms with Gasteiger partial charge in [0.2, 0.25) is 0 Å². The minimum atomic E-state index is 0.0884. The standard InChI is InChI=1S/C12H19NO2/c1-12(2,3)13-8-9-5-6-10(14)11(7-9)15-4/h5-7,13-14H,8H2,1-4H3. The van der Waals surface area contributed by atoms with E-state index in [1.165, 1.54) is 0 Å². The van der Waals surface area contributed by atoms with Crippen molar-refractivity contribution in [1.82, 2.24) is 5.32 Å². The molecule has 0 atom stereocenters. The van der Waals surface area contributed by atoms with Crippen LogP contribution in [0.4, 0.5) is 0 Å². The summed E-state index contributed by atoms with van der Waals surface area (Å²) in [5.41, 5.74) is 1.19. The van der Waals surface area contributed by atoms with Crippen LogP contribution in [0.15, 0.2) is 18.2 Å². The molecule has 15 heavy (non-hydrogen) atoms. The topological polar surface area (TPSA) is 41.5 Å². The van der Waals surface area contributed by atoms with Gasteiger partial charge in [0, 0.05) is 12.1 Å². The maximum atomic E-state index is 9.42. The Balaban J connectivity index is 2.70. The number of hydrogen-bond donors (Lipinski definition) is 2. The molecule has 0 aliphatic rings. The normalized spacial score (nSPS) is 11.5. The van der Waals surface area contributed by atoms with Gasteiger partial charge in [0.25, 0.3) is 0 Å². The van der Waals surface area contributed by atoms with Gasteiger partial charge >= 0.3 is 0 Å². The first-order chi connectivity index (χ1) is 6.92. The fourth-order valence-electron chi connectivity index (χ4n) is 1.20. The van der Waals surface area contributed by atoms with E-state index >= 15 is 0 Å². The number of phenols is 1. The number of methoxy groups -OCH3 is 1. The molecule has 0 heterocycles. The quantitative estimate of drug-likeness (QED) is 0.802. The van der Waals surface area contributed by atoms with Crippen molar-refractivity contribution in [2.24, 2.45) is 0 Å². The van der Waals surface area contributed by atoms with Crippen LogP contribution in [0.25, 0.3) is 0 Å². The second-order valence-corrected chi connectivity index (χ2v) is 4.61. The van der Waals surface area contributed by atoms with Crippen LogP contribution in [0.5, 0.6) is 11.5 Å². The summed E-state index contributed by atoms with van der Waals surface area (Å²) in [4.78, 5) is 0. The van der Waals surface area contributed by atoms with E-state index in [9.17, 15) is 5.11 Å². The van der Waals surface area contributed by atoms with Crippen molar-refractivity contribution in [1.29, 1.82) is 0 Å². The fraction of sp³-hybridized carbons (Fsp3) is 0.500. The molecule has 84 valence electrons. The third-order valence-corrected chi connectivity index (χ3v) is 2.07. The molecule has 0 aromatic heterocycles. The van der Waals surface area contributed by atoms with Crippen molar-refractivity contribution in [3.8, 4) is 11.5 Å². The molecule has 0 fully saturated rings. The number of nitrogens with one attached hydrogen (secondary N) is 1. The van der Waals surface area contributed by atoms with Crippen LogP contribution in [0.3, 0.4) is 0 Å². The van der Waals surface area contributed by atoms with Crippen molar-refractivity contribution in [2.45, 2.75) is 32.9 Å². The fourth-order valence-corrected chi connectivity index (χ4v) is 1.20. The van der Waals surface area contributed by atoms with Gasteiger partial charge in [-0.05, 0) is 38.5 Å². The Labute approximate surface area is 91.1 Å². The molecule has 1 rings (SSSR count). The van der Waals surface area contributed by atoms with Gasteiger partial charge in [-0.2, -0.15) is 0 Å². The summed E-state index contributed by atoms with van der Waals surface area (Å²) in [6, 6.07) is 5.38. The first-order valence-corrected chi connectivity index (χ1v) is 5.03. The van der Waals surface area contributed by atoms with Crippen LogP contribution in [0, 0.1) is 0 Å². The maximum absolute atomic E-state index is 9.42. The Morgan fingerprint density at radius 3 is 2.53 bits per heavy atom. The van der Waals surface area contributed by atoms with Crippen LogP contribution in [-0.4, -0.2) is 17.8 Å². The predicted octanol–water partition coefficient (Wildman–Crippen LogP) is 2.29. The monoisotopic (exact) mass is 209 g/mol. The number of aromatic hydroxyl groups is 1. The maximum Gasteiger partial charge on any atom is 0.160 e. The molecule has 1 aromatic rings. The lowest BCUT2D eigenvalue weighted by molar-refractivity contribution is 0.371. The first kappa shape index (κ1) is 11.9. The Morgan fingerprint density at radius 1 is 1.33 bits per heavy atom. The molecular weight excluding hydrogens is 190 g/mol. The molecular formula is C12H19NO2. The van der Waals surface area contributed by atoms with Crippen molar-refractivity contribution in [2.75, 3.05) is 7.11 Å². The number of phenolic OH excluding ortho intramolecular Hbond substituents is 1. The molecule has 0 aliphatic heterocycles. The van der Waals surface area contributed by atoms with Crippen LogP contribution in [0.2, 0.25) is 0 Å². The second kappa shape index (κ2) is 4.53. The summed E-state index contributed by atoms with van der Waals surface area (Å²) in [5.74, 6) is 0.695. The minimum Gasteiger partial charge on any atom is -0.504 e. The molecule has 2 N–H and O–H groups in total. The predicted molar refractivity (Wildman–Crippen MR) is 61.3 cm³/mol. The van der Waals surface area contributed by atoms with E-state index in [4.69, 9.17) is 4.74 Å². The first-order valence-electron chi connectivity index (χ1n) is 5.03. The highest BCUT2D eigenvalue weighted by Crippen LogP contribution is 2.26. The zero-order chi connectivity index (χ0) is 11.5. The average molecular weight is 209 g/mol. The van der Waals surface area contributed by atoms with Gasteiger partial charge < -0.3 is 15.2 Å². The third-order valence-electron chi connectivity index (χ3n) is 2.07. The van der Waals surface area contributed by atoms with E-state index in [1.807, 2.05) is 12.1 Å². The number of ether oxygens (including phenoxy) is 1. The third kappa shape index (κ3) is 3.80. The number of benzene rings is 1. The Kier molecular flexibility index (Phi) is 3.58. The van der Waals surface area contributed by atoms with Gasteiger partial charge in [0.15, 0.2) is 11.5 Å². The highest BCUT2D eigenvalue weighted by Gasteiger charge is 2.09. The zero-order valence-corrected chi connectivity index (χ0v) is 9.79. The van der Waals surface area contributed by atoms with E-state index in [0.717, 1.165) is 12.1 Å². The average Bonchev–Trinajstić information content (AvgIpc) is 2.15. The highest BCUT2D eigenvalue weighted by atomic mass is 16.5. The number of hydrogen-bond acceptors (Lipinski definition) is 3. The van der Waals surface area contributed by atoms with Crippen molar-refractivity contribution < 1.29 is 9.84 Å². The molecule has 3 heteroatoms. The lowest BCUT2D eigenvalue weighted by Gasteiger charge is -2.20. The molecule has 0 saturated carbocycles. The Hall–Kier alpha value is -1.22. The van der Waals surface area contributed by atoms with Gasteiger partial charge in [-0.3, -0.25) is 0 Å². The highest BCUT2D eigenvalue weighted by molar-refractivity contribution is 5.41. The van der Waals surface area contributed by atoms with E-state index in [0.29, 0.717) is 5.75 Å². The zero-order valence-electron chi connectivity index (χ0n) is 9.79.